The molecule has 10 heteroatoms. The fourth-order valence-corrected chi connectivity index (χ4v) is 2.22. The predicted molar refractivity (Wildman–Crippen MR) is 91.7 cm³/mol. The maximum absolute atomic E-state index is 12.3. The van der Waals surface area contributed by atoms with Gasteiger partial charge in [-0.25, -0.2) is 4.79 Å². The molecule has 0 bridgehead atoms. The summed E-state index contributed by atoms with van der Waals surface area (Å²) in [5.41, 5.74) is -0.867. The number of benzene rings is 1. The van der Waals surface area contributed by atoms with Crippen LogP contribution in [0, 0.1) is 10.1 Å². The summed E-state index contributed by atoms with van der Waals surface area (Å²) in [4.78, 5) is 36.1. The van der Waals surface area contributed by atoms with Crippen molar-refractivity contribution in [2.75, 3.05) is 27.9 Å². The Morgan fingerprint density at radius 1 is 1.22 bits per heavy atom. The molecule has 0 aliphatic rings. The molecule has 2 aromatic rings. The second-order valence-electron chi connectivity index (χ2n) is 5.39. The van der Waals surface area contributed by atoms with Gasteiger partial charge in [-0.2, -0.15) is 0 Å². The maximum Gasteiger partial charge on any atom is 0.345 e. The number of ether oxygens (including phenoxy) is 3. The van der Waals surface area contributed by atoms with Crippen LogP contribution in [-0.2, 0) is 16.1 Å². The molecule has 2 rings (SSSR count). The number of methoxy groups -OCH3 is 2. The summed E-state index contributed by atoms with van der Waals surface area (Å²) >= 11 is 0. The Hall–Kier alpha value is -3.56. The van der Waals surface area contributed by atoms with Gasteiger partial charge in [0.25, 0.3) is 11.6 Å². The lowest BCUT2D eigenvalue weighted by Crippen LogP contribution is -2.30. The Morgan fingerprint density at radius 3 is 2.44 bits per heavy atom. The number of hydrogen-bond acceptors (Lipinski definition) is 8. The predicted octanol–water partition coefficient (Wildman–Crippen LogP) is 2.02. The molecule has 1 aromatic heterocycles. The number of furan rings is 1. The van der Waals surface area contributed by atoms with E-state index in [0.29, 0.717) is 5.76 Å². The Balaban J connectivity index is 2.10. The van der Waals surface area contributed by atoms with Crippen LogP contribution in [-0.4, -0.2) is 49.6 Å². The fraction of sp³-hybridized carbons (Fsp3) is 0.294. The molecule has 10 nitrogen and oxygen atoms in total. The minimum absolute atomic E-state index is 0.0926. The lowest BCUT2D eigenvalue weighted by molar-refractivity contribution is -0.385. The Morgan fingerprint density at radius 2 is 1.89 bits per heavy atom. The van der Waals surface area contributed by atoms with Gasteiger partial charge < -0.3 is 23.5 Å². The molecule has 0 fully saturated rings. The number of nitrogens with zero attached hydrogens (tertiary/aromatic N) is 2. The first-order valence-corrected chi connectivity index (χ1v) is 7.71. The molecule has 0 aliphatic carbocycles. The van der Waals surface area contributed by atoms with E-state index in [2.05, 4.69) is 0 Å². The van der Waals surface area contributed by atoms with Gasteiger partial charge in [-0.1, -0.05) is 0 Å². The third kappa shape index (κ3) is 4.75. The zero-order valence-corrected chi connectivity index (χ0v) is 15.0. The fourth-order valence-electron chi connectivity index (χ4n) is 2.22. The van der Waals surface area contributed by atoms with Gasteiger partial charge in [0, 0.05) is 13.1 Å². The number of amides is 1. The molecule has 0 radical (unpaired) electrons. The van der Waals surface area contributed by atoms with E-state index >= 15 is 0 Å². The molecule has 0 atom stereocenters. The first-order chi connectivity index (χ1) is 12.9. The van der Waals surface area contributed by atoms with Crippen LogP contribution >= 0.6 is 0 Å². The topological polar surface area (TPSA) is 121 Å². The van der Waals surface area contributed by atoms with Crippen LogP contribution in [0.4, 0.5) is 5.69 Å². The number of likely N-dealkylation sites (N-methyl/N-ethyl adjacent to an activating group) is 1. The van der Waals surface area contributed by atoms with Crippen LogP contribution in [0.3, 0.4) is 0 Å². The van der Waals surface area contributed by atoms with Crippen LogP contribution in [0.5, 0.6) is 11.5 Å². The maximum atomic E-state index is 12.3. The molecule has 1 aromatic carbocycles. The van der Waals surface area contributed by atoms with Crippen molar-refractivity contribution in [3.63, 3.8) is 0 Å². The van der Waals surface area contributed by atoms with Gasteiger partial charge in [-0.3, -0.25) is 14.9 Å². The number of rotatable bonds is 8. The van der Waals surface area contributed by atoms with Gasteiger partial charge in [-0.15, -0.1) is 0 Å². The monoisotopic (exact) mass is 378 g/mol. The van der Waals surface area contributed by atoms with E-state index in [1.807, 2.05) is 0 Å². The number of nitro benzene ring substituents is 1. The normalized spacial score (nSPS) is 10.2. The average Bonchev–Trinajstić information content (AvgIpc) is 3.17. The van der Waals surface area contributed by atoms with Crippen molar-refractivity contribution in [1.29, 1.82) is 0 Å². The van der Waals surface area contributed by atoms with Gasteiger partial charge in [-0.05, 0) is 12.1 Å². The van der Waals surface area contributed by atoms with E-state index in [4.69, 9.17) is 18.6 Å². The van der Waals surface area contributed by atoms with E-state index in [1.54, 1.807) is 12.1 Å². The van der Waals surface area contributed by atoms with Gasteiger partial charge in [0.05, 0.1) is 38.0 Å². The molecule has 1 amide bonds. The lowest BCUT2D eigenvalue weighted by atomic mass is 10.1. The Labute approximate surface area is 154 Å². The molecule has 27 heavy (non-hydrogen) atoms. The van der Waals surface area contributed by atoms with Crippen molar-refractivity contribution in [1.82, 2.24) is 4.90 Å². The van der Waals surface area contributed by atoms with Gasteiger partial charge in [0.1, 0.15) is 11.3 Å². The zero-order chi connectivity index (χ0) is 20.0. The Bertz CT molecular complexity index is 832. The quantitative estimate of drug-likeness (QED) is 0.388. The number of carbonyl (C=O) groups is 2. The summed E-state index contributed by atoms with van der Waals surface area (Å²) in [7, 11) is 4.15. The van der Waals surface area contributed by atoms with Crippen molar-refractivity contribution in [2.24, 2.45) is 0 Å². The number of carbonyl (C=O) groups excluding carboxylic acids is 2. The number of hydrogen-bond donors (Lipinski definition) is 0. The summed E-state index contributed by atoms with van der Waals surface area (Å²) in [5, 5.41) is 11.2. The molecule has 0 saturated carbocycles. The highest BCUT2D eigenvalue weighted by Crippen LogP contribution is 2.34. The van der Waals surface area contributed by atoms with E-state index in [-0.39, 0.29) is 23.6 Å². The summed E-state index contributed by atoms with van der Waals surface area (Å²) in [6.07, 6.45) is 1.48. The number of esters is 1. The highest BCUT2D eigenvalue weighted by molar-refractivity contribution is 5.96. The average molecular weight is 378 g/mol. The zero-order valence-electron chi connectivity index (χ0n) is 15.0. The van der Waals surface area contributed by atoms with Gasteiger partial charge in [0.2, 0.25) is 0 Å². The van der Waals surface area contributed by atoms with E-state index in [9.17, 15) is 19.7 Å². The van der Waals surface area contributed by atoms with Crippen LogP contribution in [0.1, 0.15) is 16.1 Å². The van der Waals surface area contributed by atoms with Crippen LogP contribution in [0.25, 0.3) is 0 Å². The molecular formula is C17H18N2O8. The van der Waals surface area contributed by atoms with Crippen molar-refractivity contribution >= 4 is 17.6 Å². The molecule has 0 N–H and O–H groups in total. The van der Waals surface area contributed by atoms with Crippen molar-refractivity contribution < 1.29 is 33.1 Å². The summed E-state index contributed by atoms with van der Waals surface area (Å²) in [6.45, 7) is -0.387. The first kappa shape index (κ1) is 19.8. The van der Waals surface area contributed by atoms with E-state index in [0.717, 1.165) is 12.1 Å². The van der Waals surface area contributed by atoms with Crippen molar-refractivity contribution in [2.45, 2.75) is 6.54 Å². The minimum Gasteiger partial charge on any atom is -0.493 e. The molecule has 0 spiro atoms. The molecular weight excluding hydrogens is 360 g/mol. The van der Waals surface area contributed by atoms with Crippen LogP contribution < -0.4 is 9.47 Å². The van der Waals surface area contributed by atoms with Gasteiger partial charge in [0.15, 0.2) is 18.1 Å². The summed E-state index contributed by atoms with van der Waals surface area (Å²) < 4.78 is 20.1. The third-order valence-corrected chi connectivity index (χ3v) is 3.64. The summed E-state index contributed by atoms with van der Waals surface area (Å²) in [6, 6.07) is 5.57. The third-order valence-electron chi connectivity index (χ3n) is 3.64. The molecule has 0 unspecified atom stereocenters. The van der Waals surface area contributed by atoms with E-state index in [1.165, 1.54) is 32.4 Å². The highest BCUT2D eigenvalue weighted by atomic mass is 16.6. The second kappa shape index (κ2) is 8.70. The highest BCUT2D eigenvalue weighted by Gasteiger charge is 2.26. The molecule has 0 aliphatic heterocycles. The smallest absolute Gasteiger partial charge is 0.345 e. The Kier molecular flexibility index (Phi) is 6.36. The largest absolute Gasteiger partial charge is 0.493 e. The minimum atomic E-state index is -1.03. The standard InChI is InChI=1S/C17H18N2O8/c1-18(9-11-5-4-6-26-11)16(20)10-27-17(21)12-7-14(24-2)15(25-3)8-13(12)19(22)23/h4-8H,9-10H2,1-3H3. The van der Waals surface area contributed by atoms with Crippen molar-refractivity contribution in [3.05, 3.63) is 52.0 Å². The SMILES string of the molecule is COc1cc(C(=O)OCC(=O)N(C)Cc2ccco2)c([N+](=O)[O-])cc1OC. The van der Waals surface area contributed by atoms with Crippen LogP contribution in [0.15, 0.2) is 34.9 Å². The molecule has 1 heterocycles. The lowest BCUT2D eigenvalue weighted by Gasteiger charge is -2.16. The van der Waals surface area contributed by atoms with Crippen molar-refractivity contribution in [3.8, 4) is 11.5 Å². The number of nitro groups is 1. The second-order valence-corrected chi connectivity index (χ2v) is 5.39. The van der Waals surface area contributed by atoms with Gasteiger partial charge >= 0.3 is 5.97 Å². The summed E-state index contributed by atoms with van der Waals surface area (Å²) in [5.74, 6) is -0.746. The van der Waals surface area contributed by atoms with E-state index < -0.39 is 29.1 Å². The molecule has 0 saturated heterocycles. The molecule has 144 valence electrons. The first-order valence-electron chi connectivity index (χ1n) is 7.71. The van der Waals surface area contributed by atoms with Crippen LogP contribution in [0.2, 0.25) is 0 Å².